The highest BCUT2D eigenvalue weighted by molar-refractivity contribution is 7.85. The molecule has 1 aliphatic carbocycles. The van der Waals surface area contributed by atoms with Crippen LogP contribution in [0.1, 0.15) is 35.2 Å². The lowest BCUT2D eigenvalue weighted by Crippen LogP contribution is -2.24. The zero-order valence-electron chi connectivity index (χ0n) is 13.1. The molecule has 0 spiro atoms. The molecule has 1 amide bonds. The summed E-state index contributed by atoms with van der Waals surface area (Å²) in [5, 5.41) is 9.07. The molecule has 5 N–H and O–H groups in total. The predicted molar refractivity (Wildman–Crippen MR) is 90.4 cm³/mol. The number of hydrogen-bond donors (Lipinski definition) is 3. The van der Waals surface area contributed by atoms with E-state index in [1.54, 1.807) is 18.2 Å². The first kappa shape index (κ1) is 19.3. The number of hydrogen-bond acceptors (Lipinski definition) is 4. The molecule has 0 bridgehead atoms. The molecule has 128 valence electrons. The molecule has 0 saturated carbocycles. The van der Waals surface area contributed by atoms with Crippen molar-refractivity contribution in [1.29, 1.82) is 5.26 Å². The van der Waals surface area contributed by atoms with Crippen LogP contribution in [0.25, 0.3) is 5.57 Å². The summed E-state index contributed by atoms with van der Waals surface area (Å²) >= 11 is 0. The first-order valence-electron chi connectivity index (χ1n) is 6.90. The van der Waals surface area contributed by atoms with Crippen molar-refractivity contribution in [1.82, 2.24) is 0 Å². The van der Waals surface area contributed by atoms with E-state index in [0.717, 1.165) is 36.0 Å². The van der Waals surface area contributed by atoms with Crippen LogP contribution < -0.4 is 11.5 Å². The minimum atomic E-state index is -3.67. The monoisotopic (exact) mass is 350 g/mol. The third kappa shape index (κ3) is 6.60. The third-order valence-corrected chi connectivity index (χ3v) is 3.04. The number of guanidine groups is 1. The van der Waals surface area contributed by atoms with Crippen LogP contribution in [0.5, 0.6) is 0 Å². The Kier molecular flexibility index (Phi) is 6.64. The molecule has 0 saturated heterocycles. The summed E-state index contributed by atoms with van der Waals surface area (Å²) in [6.07, 6.45) is 3.36. The second-order valence-corrected chi connectivity index (χ2v) is 6.54. The van der Waals surface area contributed by atoms with Crippen molar-refractivity contribution < 1.29 is 17.8 Å². The molecule has 0 heterocycles. The van der Waals surface area contributed by atoms with Crippen LogP contribution in [0.15, 0.2) is 34.8 Å². The number of rotatable bonds is 2. The third-order valence-electron chi connectivity index (χ3n) is 3.04. The first-order valence-corrected chi connectivity index (χ1v) is 8.75. The molecule has 1 aromatic carbocycles. The van der Waals surface area contributed by atoms with Gasteiger partial charge in [-0.3, -0.25) is 9.35 Å². The predicted octanol–water partition coefficient (Wildman–Crippen LogP) is 1.07. The maximum absolute atomic E-state index is 11.7. The number of carbonyl (C=O) groups is 1. The highest BCUT2D eigenvalue weighted by atomic mass is 32.2. The summed E-state index contributed by atoms with van der Waals surface area (Å²) < 4.78 is 25.9. The van der Waals surface area contributed by atoms with Crippen molar-refractivity contribution >= 4 is 27.6 Å². The number of allylic oxidation sites excluding steroid dienone is 2. The van der Waals surface area contributed by atoms with Gasteiger partial charge in [0.25, 0.3) is 16.0 Å². The van der Waals surface area contributed by atoms with Gasteiger partial charge in [-0.2, -0.15) is 18.7 Å². The molecule has 0 fully saturated rings. The molecule has 0 unspecified atom stereocenters. The Morgan fingerprint density at radius 1 is 1.33 bits per heavy atom. The molecule has 9 heteroatoms. The van der Waals surface area contributed by atoms with Gasteiger partial charge in [0.05, 0.1) is 12.3 Å². The van der Waals surface area contributed by atoms with E-state index in [-0.39, 0.29) is 5.96 Å². The van der Waals surface area contributed by atoms with Gasteiger partial charge in [-0.15, -0.1) is 0 Å². The van der Waals surface area contributed by atoms with Crippen LogP contribution in [0.4, 0.5) is 0 Å². The van der Waals surface area contributed by atoms with Gasteiger partial charge >= 0.3 is 0 Å². The van der Waals surface area contributed by atoms with Crippen LogP contribution in [0, 0.1) is 11.3 Å². The van der Waals surface area contributed by atoms with Crippen molar-refractivity contribution in [2.45, 2.75) is 19.3 Å². The fourth-order valence-electron chi connectivity index (χ4n) is 2.21. The topological polar surface area (TPSA) is 160 Å². The molecule has 1 aromatic rings. The van der Waals surface area contributed by atoms with Gasteiger partial charge in [0, 0.05) is 11.1 Å². The number of amides is 1. The highest BCUT2D eigenvalue weighted by Crippen LogP contribution is 2.33. The van der Waals surface area contributed by atoms with Crippen molar-refractivity contribution in [3.8, 4) is 6.07 Å². The van der Waals surface area contributed by atoms with Crippen LogP contribution in [-0.2, 0) is 10.1 Å². The lowest BCUT2D eigenvalue weighted by molar-refractivity contribution is 0.100. The fraction of sp³-hybridized carbons (Fsp3) is 0.267. The molecule has 0 radical (unpaired) electrons. The van der Waals surface area contributed by atoms with E-state index in [2.05, 4.69) is 11.1 Å². The molecular weight excluding hydrogens is 332 g/mol. The SMILES string of the molecule is CS(=O)(=O)O.N#CC1=C(c2cccc(C(=O)N=C(N)N)c2)CCC1. The quantitative estimate of drug-likeness (QED) is 0.408. The smallest absolute Gasteiger partial charge is 0.280 e. The van der Waals surface area contributed by atoms with E-state index in [4.69, 9.17) is 21.3 Å². The molecule has 0 aromatic heterocycles. The largest absolute Gasteiger partial charge is 0.370 e. The summed E-state index contributed by atoms with van der Waals surface area (Å²) in [4.78, 5) is 15.3. The Balaban J connectivity index is 0.000000505. The second-order valence-electron chi connectivity index (χ2n) is 5.08. The van der Waals surface area contributed by atoms with Gasteiger partial charge in [0.2, 0.25) is 0 Å². The van der Waals surface area contributed by atoms with Crippen molar-refractivity contribution in [2.75, 3.05) is 6.26 Å². The van der Waals surface area contributed by atoms with Crippen LogP contribution >= 0.6 is 0 Å². The Morgan fingerprint density at radius 2 is 1.96 bits per heavy atom. The standard InChI is InChI=1S/C14H14N4O.CH4O3S/c15-8-11-5-2-6-12(11)9-3-1-4-10(7-9)13(19)18-14(16)17;1-5(2,3)4/h1,3-4,7H,2,5-6H2,(H4,16,17,18,19);1H3,(H,2,3,4). The van der Waals surface area contributed by atoms with Gasteiger partial charge in [0.1, 0.15) is 0 Å². The average Bonchev–Trinajstić information content (AvgIpc) is 2.93. The maximum atomic E-state index is 11.7. The number of aliphatic imine (C=N–C) groups is 1. The summed E-state index contributed by atoms with van der Waals surface area (Å²) in [6.45, 7) is 0. The Labute approximate surface area is 140 Å². The van der Waals surface area contributed by atoms with Gasteiger partial charge < -0.3 is 11.5 Å². The minimum absolute atomic E-state index is 0.256. The lowest BCUT2D eigenvalue weighted by atomic mass is 10.00. The summed E-state index contributed by atoms with van der Waals surface area (Å²) in [6, 6.07) is 9.26. The lowest BCUT2D eigenvalue weighted by Gasteiger charge is -2.05. The second kappa shape index (κ2) is 8.24. The fourth-order valence-corrected chi connectivity index (χ4v) is 2.21. The van der Waals surface area contributed by atoms with E-state index in [0.29, 0.717) is 11.8 Å². The van der Waals surface area contributed by atoms with Crippen LogP contribution in [-0.4, -0.2) is 31.1 Å². The summed E-state index contributed by atoms with van der Waals surface area (Å²) in [7, 11) is -3.67. The number of carbonyl (C=O) groups excluding carboxylic acids is 1. The molecule has 0 atom stereocenters. The molecule has 1 aliphatic rings. The molecule has 2 rings (SSSR count). The number of nitrogens with two attached hydrogens (primary N) is 2. The Hall–Kier alpha value is -2.70. The number of nitriles is 1. The van der Waals surface area contributed by atoms with Crippen LogP contribution in [0.3, 0.4) is 0 Å². The first-order chi connectivity index (χ1) is 11.1. The van der Waals surface area contributed by atoms with Crippen molar-refractivity contribution in [3.63, 3.8) is 0 Å². The molecule has 0 aliphatic heterocycles. The van der Waals surface area contributed by atoms with Crippen molar-refractivity contribution in [2.24, 2.45) is 16.5 Å². The number of benzene rings is 1. The normalized spacial score (nSPS) is 13.5. The van der Waals surface area contributed by atoms with E-state index in [1.165, 1.54) is 0 Å². The van der Waals surface area contributed by atoms with E-state index >= 15 is 0 Å². The van der Waals surface area contributed by atoms with Gasteiger partial charge in [-0.1, -0.05) is 12.1 Å². The summed E-state index contributed by atoms with van der Waals surface area (Å²) in [5.41, 5.74) is 13.5. The maximum Gasteiger partial charge on any atom is 0.280 e. The van der Waals surface area contributed by atoms with E-state index < -0.39 is 16.0 Å². The zero-order chi connectivity index (χ0) is 18.3. The summed E-state index contributed by atoms with van der Waals surface area (Å²) in [5.74, 6) is -0.729. The van der Waals surface area contributed by atoms with E-state index in [1.807, 2.05) is 6.07 Å². The number of nitrogens with zero attached hydrogens (tertiary/aromatic N) is 2. The molecule has 24 heavy (non-hydrogen) atoms. The Morgan fingerprint density at radius 3 is 2.50 bits per heavy atom. The van der Waals surface area contributed by atoms with Crippen molar-refractivity contribution in [3.05, 3.63) is 41.0 Å². The van der Waals surface area contributed by atoms with Gasteiger partial charge in [0.15, 0.2) is 5.96 Å². The van der Waals surface area contributed by atoms with Crippen LogP contribution in [0.2, 0.25) is 0 Å². The zero-order valence-corrected chi connectivity index (χ0v) is 13.9. The van der Waals surface area contributed by atoms with E-state index in [9.17, 15) is 13.2 Å². The van der Waals surface area contributed by atoms with Gasteiger partial charge in [-0.05, 0) is 42.5 Å². The molecular formula is C15H18N4O4S. The Bertz CT molecular complexity index is 823. The van der Waals surface area contributed by atoms with Gasteiger partial charge in [-0.25, -0.2) is 0 Å². The minimum Gasteiger partial charge on any atom is -0.370 e. The highest BCUT2D eigenvalue weighted by Gasteiger charge is 2.16. The molecule has 8 nitrogen and oxygen atoms in total. The average molecular weight is 350 g/mol.